The molecule has 3 rings (SSSR count). The molecular formula is C20H18BrClN3O6PS. The quantitative estimate of drug-likeness (QED) is 0.339. The molecule has 0 radical (unpaired) electrons. The van der Waals surface area contributed by atoms with E-state index in [9.17, 15) is 24.4 Å². The number of ether oxygens (including phenoxy) is 2. The fourth-order valence-corrected chi connectivity index (χ4v) is 3.96. The minimum Gasteiger partial charge on any atom is -0.491 e. The Balaban J connectivity index is 0.00000385. The van der Waals surface area contributed by atoms with Crippen molar-refractivity contribution in [3.8, 4) is 23.3 Å². The third-order valence-corrected chi connectivity index (χ3v) is 5.84. The summed E-state index contributed by atoms with van der Waals surface area (Å²) in [7, 11) is -4.53. The molecule has 3 N–H and O–H groups in total. The lowest BCUT2D eigenvalue weighted by Crippen LogP contribution is -2.13. The molecule has 9 nitrogen and oxygen atoms in total. The van der Waals surface area contributed by atoms with Crippen molar-refractivity contribution in [2.24, 2.45) is 0 Å². The highest BCUT2D eigenvalue weighted by molar-refractivity contribution is 8.93. The molecule has 174 valence electrons. The van der Waals surface area contributed by atoms with Gasteiger partial charge >= 0.3 is 7.60 Å². The van der Waals surface area contributed by atoms with E-state index in [1.54, 1.807) is 0 Å². The van der Waals surface area contributed by atoms with Crippen LogP contribution in [0.25, 0.3) is 0 Å². The number of aromatic nitrogens is 1. The molecule has 0 saturated heterocycles. The Morgan fingerprint density at radius 1 is 1.24 bits per heavy atom. The number of amides is 1. The Hall–Kier alpha value is -2.45. The third kappa shape index (κ3) is 7.27. The smallest absolute Gasteiger partial charge is 0.356 e. The van der Waals surface area contributed by atoms with Gasteiger partial charge in [-0.05, 0) is 44.2 Å². The summed E-state index contributed by atoms with van der Waals surface area (Å²) < 4.78 is 23.3. The van der Waals surface area contributed by atoms with Gasteiger partial charge in [0.1, 0.15) is 27.7 Å². The largest absolute Gasteiger partial charge is 0.491 e. The molecule has 0 spiro atoms. The van der Waals surface area contributed by atoms with Crippen molar-refractivity contribution >= 4 is 63.9 Å². The van der Waals surface area contributed by atoms with Crippen molar-refractivity contribution in [1.82, 2.24) is 4.98 Å². The summed E-state index contributed by atoms with van der Waals surface area (Å²) in [6, 6.07) is 9.86. The number of hydrogen-bond donors (Lipinski definition) is 3. The predicted molar refractivity (Wildman–Crippen MR) is 131 cm³/mol. The van der Waals surface area contributed by atoms with E-state index in [-0.39, 0.29) is 51.0 Å². The van der Waals surface area contributed by atoms with Crippen LogP contribution >= 0.6 is 47.5 Å². The van der Waals surface area contributed by atoms with Gasteiger partial charge in [0.05, 0.1) is 23.2 Å². The fraction of sp³-hybridized carbons (Fsp3) is 0.150. The number of nitrogens with one attached hydrogen (secondary N) is 1. The second-order valence-corrected chi connectivity index (χ2v) is 9.99. The van der Waals surface area contributed by atoms with Gasteiger partial charge in [-0.15, -0.1) is 17.0 Å². The zero-order valence-electron chi connectivity index (χ0n) is 17.2. The number of thiazole rings is 1. The minimum absolute atomic E-state index is 0. The van der Waals surface area contributed by atoms with E-state index in [0.29, 0.717) is 15.2 Å². The van der Waals surface area contributed by atoms with Gasteiger partial charge in [0.25, 0.3) is 5.91 Å². The third-order valence-electron chi connectivity index (χ3n) is 3.86. The monoisotopic (exact) mass is 573 g/mol. The Kier molecular flexibility index (Phi) is 9.03. The van der Waals surface area contributed by atoms with E-state index in [0.717, 1.165) is 17.4 Å². The number of anilines is 1. The highest BCUT2D eigenvalue weighted by Crippen LogP contribution is 2.36. The van der Waals surface area contributed by atoms with Crippen molar-refractivity contribution in [2.75, 3.05) is 5.32 Å². The molecule has 0 aliphatic heterocycles. The highest BCUT2D eigenvalue weighted by atomic mass is 79.9. The van der Waals surface area contributed by atoms with Crippen LogP contribution in [0, 0.1) is 11.3 Å². The number of nitriles is 1. The SMILES string of the molecule is Br.CC(C)Oc1cc(Oc2ccc(P(=O)(O)O)cc2C#N)cc(C(=O)Nc2ncc(Cl)s2)c1. The molecule has 1 heterocycles. The number of benzene rings is 2. The zero-order valence-corrected chi connectivity index (χ0v) is 21.4. The summed E-state index contributed by atoms with van der Waals surface area (Å²) in [5.41, 5.74) is 0.124. The first-order valence-corrected chi connectivity index (χ1v) is 11.9. The van der Waals surface area contributed by atoms with Crippen molar-refractivity contribution in [3.05, 3.63) is 58.1 Å². The second-order valence-electron chi connectivity index (χ2n) is 6.72. The normalized spacial score (nSPS) is 10.8. The van der Waals surface area contributed by atoms with Crippen LogP contribution in [0.2, 0.25) is 4.34 Å². The number of carbonyl (C=O) groups excluding carboxylic acids is 1. The fourth-order valence-electron chi connectivity index (χ4n) is 2.59. The molecule has 1 aromatic heterocycles. The van der Waals surface area contributed by atoms with Crippen LogP contribution in [-0.2, 0) is 4.57 Å². The van der Waals surface area contributed by atoms with Gasteiger partial charge in [-0.2, -0.15) is 5.26 Å². The summed E-state index contributed by atoms with van der Waals surface area (Å²) >= 11 is 6.95. The zero-order chi connectivity index (χ0) is 23.5. The van der Waals surface area contributed by atoms with Crippen LogP contribution < -0.4 is 20.1 Å². The molecule has 13 heteroatoms. The molecule has 0 saturated carbocycles. The van der Waals surface area contributed by atoms with E-state index in [1.165, 1.54) is 36.5 Å². The standard InChI is InChI=1S/C20H17ClN3O6PS.BrH/c1-11(2)29-14-5-12(19(25)24-20-23-10-18(21)32-20)6-15(8-14)30-17-4-3-16(31(26,27)28)7-13(17)9-22;/h3-8,10-11H,1-2H3,(H,23,24,25)(H2,26,27,28);1H. The second kappa shape index (κ2) is 11.1. The molecule has 0 unspecified atom stereocenters. The number of rotatable bonds is 7. The van der Waals surface area contributed by atoms with Crippen molar-refractivity contribution in [3.63, 3.8) is 0 Å². The molecule has 0 fully saturated rings. The molecule has 2 aromatic carbocycles. The molecule has 0 aliphatic rings. The maximum absolute atomic E-state index is 12.7. The summed E-state index contributed by atoms with van der Waals surface area (Å²) in [5.74, 6) is 0.118. The number of nitrogens with zero attached hydrogens (tertiary/aromatic N) is 2. The maximum Gasteiger partial charge on any atom is 0.356 e. The summed E-state index contributed by atoms with van der Waals surface area (Å²) in [6.07, 6.45) is 1.23. The van der Waals surface area contributed by atoms with Crippen molar-refractivity contribution in [2.45, 2.75) is 20.0 Å². The van der Waals surface area contributed by atoms with Crippen molar-refractivity contribution in [1.29, 1.82) is 5.26 Å². The minimum atomic E-state index is -4.53. The van der Waals surface area contributed by atoms with Gasteiger partial charge in [0, 0.05) is 11.6 Å². The Bertz CT molecular complexity index is 1260. The van der Waals surface area contributed by atoms with Crippen LogP contribution in [0.3, 0.4) is 0 Å². The van der Waals surface area contributed by atoms with E-state index in [1.807, 2.05) is 19.9 Å². The van der Waals surface area contributed by atoms with Gasteiger partial charge in [0.15, 0.2) is 5.13 Å². The van der Waals surface area contributed by atoms with Crippen LogP contribution in [0.4, 0.5) is 5.13 Å². The molecular weight excluding hydrogens is 557 g/mol. The molecule has 33 heavy (non-hydrogen) atoms. The van der Waals surface area contributed by atoms with Crippen LogP contribution in [0.5, 0.6) is 17.2 Å². The van der Waals surface area contributed by atoms with Crippen LogP contribution in [0.1, 0.15) is 29.8 Å². The van der Waals surface area contributed by atoms with E-state index < -0.39 is 13.5 Å². The lowest BCUT2D eigenvalue weighted by molar-refractivity contribution is 0.102. The van der Waals surface area contributed by atoms with Gasteiger partial charge in [-0.25, -0.2) is 4.98 Å². The van der Waals surface area contributed by atoms with E-state index >= 15 is 0 Å². The Morgan fingerprint density at radius 2 is 1.94 bits per heavy atom. The van der Waals surface area contributed by atoms with Gasteiger partial charge in [0.2, 0.25) is 0 Å². The van der Waals surface area contributed by atoms with Gasteiger partial charge < -0.3 is 19.3 Å². The molecule has 0 aliphatic carbocycles. The number of halogens is 2. The van der Waals surface area contributed by atoms with E-state index in [4.69, 9.17) is 21.1 Å². The predicted octanol–water partition coefficient (Wildman–Crippen LogP) is 4.88. The first-order chi connectivity index (χ1) is 15.0. The molecule has 1 amide bonds. The average molecular weight is 575 g/mol. The summed E-state index contributed by atoms with van der Waals surface area (Å²) in [6.45, 7) is 3.64. The number of hydrogen-bond acceptors (Lipinski definition) is 7. The Labute approximate surface area is 208 Å². The van der Waals surface area contributed by atoms with Crippen molar-refractivity contribution < 1.29 is 28.6 Å². The molecule has 0 atom stereocenters. The summed E-state index contributed by atoms with van der Waals surface area (Å²) in [5, 5.41) is 12.0. The first kappa shape index (κ1) is 26.8. The average Bonchev–Trinajstić information content (AvgIpc) is 3.11. The topological polar surface area (TPSA) is 142 Å². The first-order valence-electron chi connectivity index (χ1n) is 9.07. The van der Waals surface area contributed by atoms with Gasteiger partial charge in [-0.1, -0.05) is 22.9 Å². The maximum atomic E-state index is 12.7. The molecule has 0 bridgehead atoms. The highest BCUT2D eigenvalue weighted by Gasteiger charge is 2.20. The van der Waals surface area contributed by atoms with Crippen LogP contribution in [-0.4, -0.2) is 26.8 Å². The van der Waals surface area contributed by atoms with Crippen LogP contribution in [0.15, 0.2) is 42.6 Å². The van der Waals surface area contributed by atoms with E-state index in [2.05, 4.69) is 10.3 Å². The summed E-state index contributed by atoms with van der Waals surface area (Å²) in [4.78, 5) is 35.3. The Morgan fingerprint density at radius 3 is 2.52 bits per heavy atom. The van der Waals surface area contributed by atoms with Gasteiger partial charge in [-0.3, -0.25) is 14.7 Å². The number of carbonyl (C=O) groups is 1. The molecule has 3 aromatic rings. The lowest BCUT2D eigenvalue weighted by atomic mass is 10.1. The lowest BCUT2D eigenvalue weighted by Gasteiger charge is -2.15.